The lowest BCUT2D eigenvalue weighted by molar-refractivity contribution is -0.268. The van der Waals surface area contributed by atoms with E-state index >= 15 is 0 Å². The molecule has 0 unspecified atom stereocenters. The quantitative estimate of drug-likeness (QED) is 0.865. The average Bonchev–Trinajstić information content (AvgIpc) is 2.34. The molecule has 4 nitrogen and oxygen atoms in total. The maximum Gasteiger partial charge on any atom is 0.328 e. The van der Waals surface area contributed by atoms with Crippen molar-refractivity contribution in [3.63, 3.8) is 0 Å². The van der Waals surface area contributed by atoms with Crippen LogP contribution in [0.25, 0.3) is 0 Å². The molecule has 2 aliphatic rings. The maximum absolute atomic E-state index is 12.3. The first-order valence-electron chi connectivity index (χ1n) is 8.38. The summed E-state index contributed by atoms with van der Waals surface area (Å²) in [6, 6.07) is 0. The van der Waals surface area contributed by atoms with Crippen LogP contribution in [0.15, 0.2) is 0 Å². The second kappa shape index (κ2) is 5.88. The van der Waals surface area contributed by atoms with Gasteiger partial charge in [-0.2, -0.15) is 0 Å². The lowest BCUT2D eigenvalue weighted by Gasteiger charge is -2.50. The third kappa shape index (κ3) is 3.98. The average molecular weight is 297 g/mol. The van der Waals surface area contributed by atoms with Crippen molar-refractivity contribution >= 4 is 5.97 Å². The van der Waals surface area contributed by atoms with Crippen LogP contribution >= 0.6 is 0 Å². The lowest BCUT2D eigenvalue weighted by Crippen LogP contribution is -2.59. The summed E-state index contributed by atoms with van der Waals surface area (Å²) < 4.78 is 0. The fourth-order valence-corrected chi connectivity index (χ4v) is 4.01. The molecule has 1 aliphatic heterocycles. The van der Waals surface area contributed by atoms with E-state index in [-0.39, 0.29) is 23.5 Å². The molecule has 1 N–H and O–H groups in total. The van der Waals surface area contributed by atoms with Crippen molar-refractivity contribution in [2.24, 2.45) is 0 Å². The fraction of sp³-hybridized carbons (Fsp3) is 0.941. The monoisotopic (exact) mass is 297 g/mol. The van der Waals surface area contributed by atoms with Gasteiger partial charge in [-0.1, -0.05) is 19.3 Å². The Bertz CT molecular complexity index is 367. The minimum Gasteiger partial charge on any atom is -0.389 e. The van der Waals surface area contributed by atoms with E-state index in [0.717, 1.165) is 51.4 Å². The summed E-state index contributed by atoms with van der Waals surface area (Å²) in [5.74, 6) is -0.289. The van der Waals surface area contributed by atoms with Crippen LogP contribution in [-0.4, -0.2) is 32.8 Å². The second-order valence-electron chi connectivity index (χ2n) is 8.20. The van der Waals surface area contributed by atoms with E-state index in [1.807, 2.05) is 5.06 Å². The second-order valence-corrected chi connectivity index (χ2v) is 8.20. The molecule has 0 amide bonds. The Morgan fingerprint density at radius 3 is 2.00 bits per heavy atom. The normalized spacial score (nSPS) is 28.0. The van der Waals surface area contributed by atoms with Gasteiger partial charge in [-0.15, -0.1) is 5.06 Å². The van der Waals surface area contributed by atoms with Crippen LogP contribution in [0.4, 0.5) is 0 Å². The summed E-state index contributed by atoms with van der Waals surface area (Å²) in [7, 11) is 0. The van der Waals surface area contributed by atoms with Gasteiger partial charge in [-0.25, -0.2) is 0 Å². The van der Waals surface area contributed by atoms with E-state index in [1.165, 1.54) is 0 Å². The highest BCUT2D eigenvalue weighted by molar-refractivity contribution is 5.70. The molecule has 1 aliphatic carbocycles. The van der Waals surface area contributed by atoms with Gasteiger partial charge >= 0.3 is 5.97 Å². The van der Waals surface area contributed by atoms with Crippen LogP contribution < -0.4 is 0 Å². The standard InChI is InChI=1S/C17H31NO3/c1-15(2)9-8-10-16(3,4)18(15)21-14(19)13-17(20)11-6-5-7-12-17/h20H,5-13H2,1-4H3. The minimum absolute atomic E-state index is 0.121. The van der Waals surface area contributed by atoms with Gasteiger partial charge < -0.3 is 9.94 Å². The number of hydrogen-bond acceptors (Lipinski definition) is 4. The highest BCUT2D eigenvalue weighted by atomic mass is 16.7. The molecule has 1 heterocycles. The number of aliphatic hydroxyl groups is 1. The largest absolute Gasteiger partial charge is 0.389 e. The third-order valence-corrected chi connectivity index (χ3v) is 5.13. The summed E-state index contributed by atoms with van der Waals surface area (Å²) in [6.07, 6.45) is 7.91. The molecule has 2 rings (SSSR count). The predicted octanol–water partition coefficient (Wildman–Crippen LogP) is 3.57. The molecule has 0 aromatic heterocycles. The first-order chi connectivity index (χ1) is 9.65. The Kier molecular flexibility index (Phi) is 4.69. The Balaban J connectivity index is 2.00. The fourth-order valence-electron chi connectivity index (χ4n) is 4.01. The van der Waals surface area contributed by atoms with Gasteiger partial charge in [0.15, 0.2) is 0 Å². The van der Waals surface area contributed by atoms with Gasteiger partial charge in [0.25, 0.3) is 0 Å². The summed E-state index contributed by atoms with van der Waals surface area (Å²) in [4.78, 5) is 18.1. The summed E-state index contributed by atoms with van der Waals surface area (Å²) in [5.41, 5.74) is -1.14. The van der Waals surface area contributed by atoms with Crippen LogP contribution in [0.2, 0.25) is 0 Å². The van der Waals surface area contributed by atoms with Crippen LogP contribution in [0.5, 0.6) is 0 Å². The van der Waals surface area contributed by atoms with Gasteiger partial charge in [0.05, 0.1) is 23.1 Å². The molecule has 0 atom stereocenters. The third-order valence-electron chi connectivity index (χ3n) is 5.13. The van der Waals surface area contributed by atoms with Crippen molar-refractivity contribution in [1.29, 1.82) is 0 Å². The highest BCUT2D eigenvalue weighted by Crippen LogP contribution is 2.39. The number of piperidine rings is 1. The number of nitrogens with zero attached hydrogens (tertiary/aromatic N) is 1. The van der Waals surface area contributed by atoms with E-state index in [1.54, 1.807) is 0 Å². The zero-order valence-electron chi connectivity index (χ0n) is 14.1. The summed E-state index contributed by atoms with van der Waals surface area (Å²) in [6.45, 7) is 8.49. The first-order valence-corrected chi connectivity index (χ1v) is 8.38. The Labute approximate surface area is 128 Å². The topological polar surface area (TPSA) is 49.8 Å². The first kappa shape index (κ1) is 16.8. The van der Waals surface area contributed by atoms with Gasteiger partial charge in [0, 0.05) is 0 Å². The molecule has 1 saturated carbocycles. The van der Waals surface area contributed by atoms with E-state index in [9.17, 15) is 9.90 Å². The Hall–Kier alpha value is -0.610. The van der Waals surface area contributed by atoms with Gasteiger partial charge in [-0.3, -0.25) is 4.79 Å². The number of rotatable bonds is 3. The van der Waals surface area contributed by atoms with Crippen molar-refractivity contribution in [3.05, 3.63) is 0 Å². The summed E-state index contributed by atoms with van der Waals surface area (Å²) in [5, 5.41) is 12.4. The molecule has 0 aromatic carbocycles. The SMILES string of the molecule is CC1(C)CCCC(C)(C)N1OC(=O)CC1(O)CCCCC1. The molecular weight excluding hydrogens is 266 g/mol. The molecule has 122 valence electrons. The summed E-state index contributed by atoms with van der Waals surface area (Å²) >= 11 is 0. The van der Waals surface area contributed by atoms with E-state index in [2.05, 4.69) is 27.7 Å². The van der Waals surface area contributed by atoms with E-state index in [4.69, 9.17) is 4.84 Å². The van der Waals surface area contributed by atoms with Gasteiger partial charge in [0.1, 0.15) is 0 Å². The number of carbonyl (C=O) groups is 1. The molecule has 2 fully saturated rings. The van der Waals surface area contributed by atoms with Crippen molar-refractivity contribution in [2.45, 2.75) is 102 Å². The maximum atomic E-state index is 12.3. The minimum atomic E-state index is -0.848. The molecule has 0 aromatic rings. The number of hydrogen-bond donors (Lipinski definition) is 1. The van der Waals surface area contributed by atoms with E-state index < -0.39 is 5.60 Å². The van der Waals surface area contributed by atoms with Gasteiger partial charge in [-0.05, 0) is 59.8 Å². The van der Waals surface area contributed by atoms with Crippen molar-refractivity contribution in [2.75, 3.05) is 0 Å². The van der Waals surface area contributed by atoms with Crippen molar-refractivity contribution in [3.8, 4) is 0 Å². The zero-order valence-corrected chi connectivity index (χ0v) is 14.1. The Morgan fingerprint density at radius 2 is 1.48 bits per heavy atom. The molecule has 0 spiro atoms. The van der Waals surface area contributed by atoms with Gasteiger partial charge in [0.2, 0.25) is 0 Å². The molecule has 1 saturated heterocycles. The number of hydroxylamine groups is 2. The van der Waals surface area contributed by atoms with Crippen molar-refractivity contribution in [1.82, 2.24) is 5.06 Å². The molecule has 0 bridgehead atoms. The Morgan fingerprint density at radius 1 is 0.952 bits per heavy atom. The van der Waals surface area contributed by atoms with Crippen LogP contribution in [0.3, 0.4) is 0 Å². The van der Waals surface area contributed by atoms with E-state index in [0.29, 0.717) is 0 Å². The molecule has 4 heteroatoms. The van der Waals surface area contributed by atoms with Crippen LogP contribution in [0, 0.1) is 0 Å². The zero-order chi connectivity index (χ0) is 15.7. The predicted molar refractivity (Wildman–Crippen MR) is 82.6 cm³/mol. The van der Waals surface area contributed by atoms with Crippen molar-refractivity contribution < 1.29 is 14.7 Å². The molecular formula is C17H31NO3. The smallest absolute Gasteiger partial charge is 0.328 e. The lowest BCUT2D eigenvalue weighted by atomic mass is 9.82. The molecule has 21 heavy (non-hydrogen) atoms. The number of carbonyl (C=O) groups excluding carboxylic acids is 1. The highest BCUT2D eigenvalue weighted by Gasteiger charge is 2.45. The molecule has 0 radical (unpaired) electrons. The van der Waals surface area contributed by atoms with Crippen LogP contribution in [0.1, 0.15) is 85.5 Å². The van der Waals surface area contributed by atoms with Crippen LogP contribution in [-0.2, 0) is 9.63 Å².